The van der Waals surface area contributed by atoms with Crippen molar-refractivity contribution in [1.29, 1.82) is 0 Å². The minimum absolute atomic E-state index is 0.00463. The first-order valence-corrected chi connectivity index (χ1v) is 3.79. The second-order valence-electron chi connectivity index (χ2n) is 3.01. The molecule has 60 valence electrons. The maximum absolute atomic E-state index is 11.2. The van der Waals surface area contributed by atoms with Gasteiger partial charge in [0.2, 0.25) is 5.91 Å². The lowest BCUT2D eigenvalue weighted by atomic mass is 10.1. The van der Waals surface area contributed by atoms with Gasteiger partial charge in [-0.2, -0.15) is 0 Å². The van der Waals surface area contributed by atoms with E-state index in [2.05, 4.69) is 17.7 Å². The zero-order valence-corrected chi connectivity index (χ0v) is 6.37. The molecule has 0 aliphatic carbocycles. The van der Waals surface area contributed by atoms with Crippen LogP contribution in [-0.2, 0) is 4.79 Å². The standard InChI is InChI=1S/C7H11N3O/c1-5-4-6-7(11)8-2-3-10(6)9-5/h2-3,5-6,9H,4H2,1H3,(H,8,11). The number of carbonyl (C=O) groups is 1. The molecule has 2 unspecified atom stereocenters. The summed E-state index contributed by atoms with van der Waals surface area (Å²) in [5.74, 6) is 0.0874. The molecule has 4 nitrogen and oxygen atoms in total. The molecule has 1 fully saturated rings. The molecule has 1 amide bonds. The Hall–Kier alpha value is -1.03. The van der Waals surface area contributed by atoms with Gasteiger partial charge in [-0.1, -0.05) is 0 Å². The van der Waals surface area contributed by atoms with Gasteiger partial charge in [-0.15, -0.1) is 0 Å². The Morgan fingerprint density at radius 1 is 1.73 bits per heavy atom. The van der Waals surface area contributed by atoms with E-state index in [-0.39, 0.29) is 11.9 Å². The van der Waals surface area contributed by atoms with Gasteiger partial charge < -0.3 is 10.3 Å². The molecule has 2 atom stereocenters. The lowest BCUT2D eigenvalue weighted by molar-refractivity contribution is -0.124. The Morgan fingerprint density at radius 3 is 3.27 bits per heavy atom. The molecule has 0 saturated carbocycles. The Labute approximate surface area is 65.2 Å². The van der Waals surface area contributed by atoms with Gasteiger partial charge in [0.05, 0.1) is 0 Å². The second-order valence-corrected chi connectivity index (χ2v) is 3.01. The van der Waals surface area contributed by atoms with Crippen LogP contribution < -0.4 is 10.7 Å². The summed E-state index contributed by atoms with van der Waals surface area (Å²) in [5, 5.41) is 4.54. The topological polar surface area (TPSA) is 44.4 Å². The molecule has 1 saturated heterocycles. The van der Waals surface area contributed by atoms with Gasteiger partial charge in [-0.3, -0.25) is 4.79 Å². The Morgan fingerprint density at radius 2 is 2.55 bits per heavy atom. The van der Waals surface area contributed by atoms with Gasteiger partial charge in [0, 0.05) is 18.4 Å². The van der Waals surface area contributed by atoms with Gasteiger partial charge in [0.15, 0.2) is 0 Å². The smallest absolute Gasteiger partial charge is 0.248 e. The number of rotatable bonds is 0. The Bertz CT molecular complexity index is 214. The molecule has 0 radical (unpaired) electrons. The van der Waals surface area contributed by atoms with E-state index in [1.807, 2.05) is 11.2 Å². The van der Waals surface area contributed by atoms with Gasteiger partial charge in [-0.05, 0) is 13.3 Å². The van der Waals surface area contributed by atoms with Crippen LogP contribution in [0.4, 0.5) is 0 Å². The minimum Gasteiger partial charge on any atom is -0.329 e. The normalized spacial score (nSPS) is 35.4. The third-order valence-corrected chi connectivity index (χ3v) is 2.05. The lowest BCUT2D eigenvalue weighted by Gasteiger charge is -2.24. The van der Waals surface area contributed by atoms with Crippen LogP contribution in [0.1, 0.15) is 13.3 Å². The monoisotopic (exact) mass is 153 g/mol. The molecule has 0 bridgehead atoms. The fourth-order valence-corrected chi connectivity index (χ4v) is 1.52. The predicted molar refractivity (Wildman–Crippen MR) is 40.1 cm³/mol. The van der Waals surface area contributed by atoms with Gasteiger partial charge in [0.25, 0.3) is 0 Å². The quantitative estimate of drug-likeness (QED) is 0.495. The van der Waals surface area contributed by atoms with E-state index in [9.17, 15) is 4.79 Å². The SMILES string of the molecule is CC1CC2C(=O)NC=CN2N1. The summed E-state index contributed by atoms with van der Waals surface area (Å²) in [6, 6.07) is 0.392. The lowest BCUT2D eigenvalue weighted by Crippen LogP contribution is -2.46. The van der Waals surface area contributed by atoms with Crippen molar-refractivity contribution in [2.24, 2.45) is 0 Å². The highest BCUT2D eigenvalue weighted by atomic mass is 16.2. The maximum Gasteiger partial charge on any atom is 0.248 e. The van der Waals surface area contributed by atoms with Gasteiger partial charge in [0.1, 0.15) is 6.04 Å². The third-order valence-electron chi connectivity index (χ3n) is 2.05. The van der Waals surface area contributed by atoms with E-state index in [1.54, 1.807) is 6.20 Å². The van der Waals surface area contributed by atoms with E-state index < -0.39 is 0 Å². The van der Waals surface area contributed by atoms with Crippen LogP contribution in [-0.4, -0.2) is 23.0 Å². The number of hydrazine groups is 1. The largest absolute Gasteiger partial charge is 0.329 e. The molecule has 2 aliphatic heterocycles. The van der Waals surface area contributed by atoms with Crippen molar-refractivity contribution in [3.8, 4) is 0 Å². The summed E-state index contributed by atoms with van der Waals surface area (Å²) >= 11 is 0. The second kappa shape index (κ2) is 2.23. The number of nitrogens with zero attached hydrogens (tertiary/aromatic N) is 1. The van der Waals surface area contributed by atoms with Crippen LogP contribution in [0.15, 0.2) is 12.4 Å². The fourth-order valence-electron chi connectivity index (χ4n) is 1.52. The van der Waals surface area contributed by atoms with Gasteiger partial charge >= 0.3 is 0 Å². The molecule has 2 heterocycles. The molecular weight excluding hydrogens is 142 g/mol. The number of nitrogens with one attached hydrogen (secondary N) is 2. The molecule has 0 aromatic carbocycles. The summed E-state index contributed by atoms with van der Waals surface area (Å²) in [7, 11) is 0. The van der Waals surface area contributed by atoms with E-state index in [0.717, 1.165) is 6.42 Å². The van der Waals surface area contributed by atoms with Crippen molar-refractivity contribution in [1.82, 2.24) is 15.8 Å². The highest BCUT2D eigenvalue weighted by molar-refractivity contribution is 5.83. The molecule has 4 heteroatoms. The number of fused-ring (bicyclic) bond motifs is 1. The molecular formula is C7H11N3O. The third kappa shape index (κ3) is 0.991. The molecule has 2 aliphatic rings. The summed E-state index contributed by atoms with van der Waals surface area (Å²) < 4.78 is 0. The Balaban J connectivity index is 2.19. The molecule has 0 aromatic heterocycles. The molecule has 0 spiro atoms. The zero-order valence-electron chi connectivity index (χ0n) is 6.37. The first-order chi connectivity index (χ1) is 5.27. The van der Waals surface area contributed by atoms with Crippen molar-refractivity contribution in [3.63, 3.8) is 0 Å². The predicted octanol–water partition coefficient (Wildman–Crippen LogP) is -0.445. The summed E-state index contributed by atoms with van der Waals surface area (Å²) in [4.78, 5) is 11.2. The Kier molecular flexibility index (Phi) is 1.35. The molecule has 2 N–H and O–H groups in total. The van der Waals surface area contributed by atoms with Crippen LogP contribution in [0.5, 0.6) is 0 Å². The number of hydrogen-bond acceptors (Lipinski definition) is 3. The number of hydrogen-bond donors (Lipinski definition) is 2. The summed E-state index contributed by atoms with van der Waals surface area (Å²) in [5.41, 5.74) is 3.17. The van der Waals surface area contributed by atoms with Crippen LogP contribution in [0.3, 0.4) is 0 Å². The average molecular weight is 153 g/mol. The highest BCUT2D eigenvalue weighted by Gasteiger charge is 2.34. The molecule has 2 rings (SSSR count). The average Bonchev–Trinajstić information content (AvgIpc) is 2.31. The van der Waals surface area contributed by atoms with Gasteiger partial charge in [-0.25, -0.2) is 5.43 Å². The first kappa shape index (κ1) is 6.67. The van der Waals surface area contributed by atoms with Crippen molar-refractivity contribution in [2.75, 3.05) is 0 Å². The summed E-state index contributed by atoms with van der Waals surface area (Å²) in [6.07, 6.45) is 4.40. The van der Waals surface area contributed by atoms with Crippen molar-refractivity contribution in [3.05, 3.63) is 12.4 Å². The summed E-state index contributed by atoms with van der Waals surface area (Å²) in [6.45, 7) is 2.07. The van der Waals surface area contributed by atoms with Crippen LogP contribution in [0.2, 0.25) is 0 Å². The minimum atomic E-state index is -0.00463. The zero-order chi connectivity index (χ0) is 7.84. The number of amides is 1. The van der Waals surface area contributed by atoms with Crippen molar-refractivity contribution >= 4 is 5.91 Å². The molecule has 11 heavy (non-hydrogen) atoms. The van der Waals surface area contributed by atoms with E-state index in [0.29, 0.717) is 6.04 Å². The molecule has 0 aromatic rings. The van der Waals surface area contributed by atoms with Crippen LogP contribution in [0, 0.1) is 0 Å². The van der Waals surface area contributed by atoms with E-state index >= 15 is 0 Å². The van der Waals surface area contributed by atoms with Crippen molar-refractivity contribution in [2.45, 2.75) is 25.4 Å². The highest BCUT2D eigenvalue weighted by Crippen LogP contribution is 2.16. The van der Waals surface area contributed by atoms with E-state index in [4.69, 9.17) is 0 Å². The van der Waals surface area contributed by atoms with Crippen molar-refractivity contribution < 1.29 is 4.79 Å². The van der Waals surface area contributed by atoms with E-state index in [1.165, 1.54) is 0 Å². The maximum atomic E-state index is 11.2. The fraction of sp³-hybridized carbons (Fsp3) is 0.571. The number of carbonyl (C=O) groups excluding carboxylic acids is 1. The van der Waals surface area contributed by atoms with Crippen LogP contribution >= 0.6 is 0 Å². The van der Waals surface area contributed by atoms with Crippen LogP contribution in [0.25, 0.3) is 0 Å². The first-order valence-electron chi connectivity index (χ1n) is 3.79.